The van der Waals surface area contributed by atoms with E-state index >= 15 is 0 Å². The average molecular weight is 393 g/mol. The summed E-state index contributed by atoms with van der Waals surface area (Å²) in [4.78, 5) is 19.6. The van der Waals surface area contributed by atoms with Crippen LogP contribution >= 0.6 is 0 Å². The highest BCUT2D eigenvalue weighted by molar-refractivity contribution is 6.09. The maximum absolute atomic E-state index is 12.2. The van der Waals surface area contributed by atoms with Gasteiger partial charge >= 0.3 is 5.97 Å². The van der Waals surface area contributed by atoms with Gasteiger partial charge in [0.25, 0.3) is 0 Å². The minimum Gasteiger partial charge on any atom is -0.465 e. The maximum atomic E-state index is 12.2. The van der Waals surface area contributed by atoms with E-state index in [1.807, 2.05) is 25.1 Å². The maximum Gasteiger partial charge on any atom is 0.340 e. The Hall–Kier alpha value is -2.70. The SMILES string of the molecule is COC(=O)c1c[nH]c2nccc(-c3ccc([C@@]4(O)[C@H](C)CNC[C@@H]4C)c(C)c3)c12. The average Bonchev–Trinajstić information content (AvgIpc) is 3.15. The number of methoxy groups -OCH3 is 1. The van der Waals surface area contributed by atoms with Crippen molar-refractivity contribution in [3.8, 4) is 11.1 Å². The summed E-state index contributed by atoms with van der Waals surface area (Å²) in [5.74, 6) is -0.177. The molecule has 3 atom stereocenters. The minimum absolute atomic E-state index is 0.110. The van der Waals surface area contributed by atoms with E-state index in [0.717, 1.165) is 40.7 Å². The molecule has 0 amide bonds. The van der Waals surface area contributed by atoms with Gasteiger partial charge < -0.3 is 20.1 Å². The van der Waals surface area contributed by atoms with Crippen LogP contribution in [0, 0.1) is 18.8 Å². The summed E-state index contributed by atoms with van der Waals surface area (Å²) in [6.45, 7) is 7.79. The van der Waals surface area contributed by atoms with E-state index in [-0.39, 0.29) is 11.8 Å². The van der Waals surface area contributed by atoms with Crippen LogP contribution in [-0.2, 0) is 10.3 Å². The molecule has 1 aliphatic heterocycles. The molecule has 0 saturated carbocycles. The Labute approximate surface area is 170 Å². The molecule has 4 rings (SSSR count). The number of piperidine rings is 1. The van der Waals surface area contributed by atoms with Crippen molar-refractivity contribution < 1.29 is 14.6 Å². The molecule has 0 unspecified atom stereocenters. The van der Waals surface area contributed by atoms with Gasteiger partial charge in [-0.05, 0) is 35.2 Å². The fourth-order valence-electron chi connectivity index (χ4n) is 4.69. The molecule has 0 aliphatic carbocycles. The number of carbonyl (C=O) groups excluding carboxylic acids is 1. The van der Waals surface area contributed by atoms with Crippen molar-refractivity contribution in [3.05, 3.63) is 53.3 Å². The number of hydrogen-bond acceptors (Lipinski definition) is 5. The van der Waals surface area contributed by atoms with Crippen LogP contribution in [0.2, 0.25) is 0 Å². The van der Waals surface area contributed by atoms with Gasteiger partial charge in [-0.25, -0.2) is 9.78 Å². The van der Waals surface area contributed by atoms with Gasteiger partial charge in [-0.3, -0.25) is 0 Å². The standard InChI is InChI=1S/C23H27N3O3/c1-13-9-16(5-6-19(13)23(28)14(2)10-24-11-15(23)3)17-7-8-25-21-20(17)18(12-26-21)22(27)29-4/h5-9,12,14-15,24,28H,10-11H2,1-4H3,(H,25,26)/t14-,15+,23-. The third-order valence-electron chi connectivity index (χ3n) is 6.35. The molecule has 152 valence electrons. The van der Waals surface area contributed by atoms with Gasteiger partial charge in [0, 0.05) is 42.7 Å². The summed E-state index contributed by atoms with van der Waals surface area (Å²) < 4.78 is 4.93. The molecule has 29 heavy (non-hydrogen) atoms. The highest BCUT2D eigenvalue weighted by atomic mass is 16.5. The number of pyridine rings is 1. The normalized spacial score (nSPS) is 24.6. The summed E-state index contributed by atoms with van der Waals surface area (Å²) >= 11 is 0. The number of nitrogens with one attached hydrogen (secondary N) is 2. The molecular formula is C23H27N3O3. The molecule has 0 spiro atoms. The summed E-state index contributed by atoms with van der Waals surface area (Å²) in [7, 11) is 1.37. The van der Waals surface area contributed by atoms with Gasteiger partial charge in [-0.1, -0.05) is 32.0 Å². The van der Waals surface area contributed by atoms with E-state index < -0.39 is 11.6 Å². The lowest BCUT2D eigenvalue weighted by atomic mass is 9.70. The molecule has 3 heterocycles. The van der Waals surface area contributed by atoms with Crippen molar-refractivity contribution in [3.63, 3.8) is 0 Å². The number of H-pyrrole nitrogens is 1. The van der Waals surface area contributed by atoms with Crippen LogP contribution in [0.25, 0.3) is 22.2 Å². The zero-order chi connectivity index (χ0) is 20.8. The lowest BCUT2D eigenvalue weighted by molar-refractivity contribution is -0.0811. The van der Waals surface area contributed by atoms with E-state index in [1.165, 1.54) is 7.11 Å². The van der Waals surface area contributed by atoms with Crippen molar-refractivity contribution in [2.75, 3.05) is 20.2 Å². The Morgan fingerprint density at radius 1 is 1.24 bits per heavy atom. The molecule has 1 fully saturated rings. The van der Waals surface area contributed by atoms with Crippen LogP contribution in [0.15, 0.2) is 36.7 Å². The largest absolute Gasteiger partial charge is 0.465 e. The molecule has 0 bridgehead atoms. The second-order valence-electron chi connectivity index (χ2n) is 8.09. The smallest absolute Gasteiger partial charge is 0.340 e. The lowest BCUT2D eigenvalue weighted by Gasteiger charge is -2.44. The topological polar surface area (TPSA) is 87.2 Å². The van der Waals surface area contributed by atoms with Crippen molar-refractivity contribution in [1.82, 2.24) is 15.3 Å². The number of ether oxygens (including phenoxy) is 1. The first-order valence-corrected chi connectivity index (χ1v) is 9.96. The fourth-order valence-corrected chi connectivity index (χ4v) is 4.69. The number of aromatic nitrogens is 2. The molecule has 3 aromatic rings. The third-order valence-corrected chi connectivity index (χ3v) is 6.35. The second-order valence-corrected chi connectivity index (χ2v) is 8.09. The number of esters is 1. The Morgan fingerprint density at radius 3 is 2.62 bits per heavy atom. The summed E-state index contributed by atoms with van der Waals surface area (Å²) in [6.07, 6.45) is 3.36. The zero-order valence-electron chi connectivity index (χ0n) is 17.2. The first-order chi connectivity index (χ1) is 13.9. The van der Waals surface area contributed by atoms with E-state index in [0.29, 0.717) is 11.2 Å². The third kappa shape index (κ3) is 3.03. The van der Waals surface area contributed by atoms with Crippen LogP contribution in [-0.4, -0.2) is 41.2 Å². The highest BCUT2D eigenvalue weighted by Gasteiger charge is 2.44. The summed E-state index contributed by atoms with van der Waals surface area (Å²) in [5, 5.41) is 15.7. The van der Waals surface area contributed by atoms with Crippen molar-refractivity contribution in [1.29, 1.82) is 0 Å². The first-order valence-electron chi connectivity index (χ1n) is 9.96. The van der Waals surface area contributed by atoms with Gasteiger partial charge in [0.2, 0.25) is 0 Å². The highest BCUT2D eigenvalue weighted by Crippen LogP contribution is 2.41. The number of carbonyl (C=O) groups is 1. The number of aryl methyl sites for hydroxylation is 1. The molecule has 2 aromatic heterocycles. The van der Waals surface area contributed by atoms with Crippen molar-refractivity contribution >= 4 is 17.0 Å². The lowest BCUT2D eigenvalue weighted by Crippen LogP contribution is -2.53. The minimum atomic E-state index is -0.868. The van der Waals surface area contributed by atoms with E-state index in [9.17, 15) is 9.90 Å². The van der Waals surface area contributed by atoms with E-state index in [2.05, 4.69) is 35.2 Å². The summed E-state index contributed by atoms with van der Waals surface area (Å²) in [6, 6.07) is 8.03. The molecule has 1 aliphatic rings. The van der Waals surface area contributed by atoms with E-state index in [4.69, 9.17) is 4.74 Å². The van der Waals surface area contributed by atoms with Gasteiger partial charge in [0.05, 0.1) is 18.3 Å². The predicted octanol–water partition coefficient (Wildman–Crippen LogP) is 3.39. The van der Waals surface area contributed by atoms with Crippen LogP contribution in [0.3, 0.4) is 0 Å². The van der Waals surface area contributed by atoms with Crippen molar-refractivity contribution in [2.45, 2.75) is 26.4 Å². The quantitative estimate of drug-likeness (QED) is 0.594. The zero-order valence-corrected chi connectivity index (χ0v) is 17.2. The number of hydrogen-bond donors (Lipinski definition) is 3. The number of benzene rings is 1. The van der Waals surface area contributed by atoms with Gasteiger partial charge in [-0.2, -0.15) is 0 Å². The number of fused-ring (bicyclic) bond motifs is 1. The van der Waals surface area contributed by atoms with Gasteiger partial charge in [0.15, 0.2) is 0 Å². The number of nitrogens with zero attached hydrogens (tertiary/aromatic N) is 1. The van der Waals surface area contributed by atoms with E-state index in [1.54, 1.807) is 12.4 Å². The molecule has 1 aromatic carbocycles. The van der Waals surface area contributed by atoms with Crippen molar-refractivity contribution in [2.24, 2.45) is 11.8 Å². The molecule has 1 saturated heterocycles. The predicted molar refractivity (Wildman–Crippen MR) is 113 cm³/mol. The summed E-state index contributed by atoms with van der Waals surface area (Å²) in [5.41, 5.74) is 4.12. The fraction of sp³-hybridized carbons (Fsp3) is 0.391. The molecule has 3 N–H and O–H groups in total. The monoisotopic (exact) mass is 393 g/mol. The van der Waals surface area contributed by atoms with Crippen LogP contribution in [0.4, 0.5) is 0 Å². The number of aliphatic hydroxyl groups is 1. The van der Waals surface area contributed by atoms with Crippen LogP contribution in [0.1, 0.15) is 35.3 Å². The molecular weight excluding hydrogens is 366 g/mol. The van der Waals surface area contributed by atoms with Gasteiger partial charge in [-0.15, -0.1) is 0 Å². The Bertz CT molecular complexity index is 1060. The molecule has 6 nitrogen and oxygen atoms in total. The first kappa shape index (κ1) is 19.6. The number of rotatable bonds is 3. The second kappa shape index (κ2) is 7.28. The van der Waals surface area contributed by atoms with Crippen LogP contribution < -0.4 is 5.32 Å². The molecule has 6 heteroatoms. The molecule has 0 radical (unpaired) electrons. The number of aromatic amines is 1. The van der Waals surface area contributed by atoms with Crippen LogP contribution in [0.5, 0.6) is 0 Å². The van der Waals surface area contributed by atoms with Gasteiger partial charge in [0.1, 0.15) is 5.65 Å². The Balaban J connectivity index is 1.84. The Morgan fingerprint density at radius 2 is 1.97 bits per heavy atom. The Kier molecular flexibility index (Phi) is 4.92.